The van der Waals surface area contributed by atoms with E-state index in [1.54, 1.807) is 29.2 Å². The molecular formula is C29H29F2N3O. The van der Waals surface area contributed by atoms with Gasteiger partial charge in [0.15, 0.2) is 5.54 Å². The maximum atomic E-state index is 14.0. The first-order valence-corrected chi connectivity index (χ1v) is 12.1. The molecule has 0 N–H and O–H groups in total. The molecule has 5 rings (SSSR count). The Kier molecular flexibility index (Phi) is 6.48. The highest BCUT2D eigenvalue weighted by Gasteiger charge is 2.50. The van der Waals surface area contributed by atoms with Crippen molar-refractivity contribution in [1.82, 2.24) is 9.80 Å². The molecule has 180 valence electrons. The van der Waals surface area contributed by atoms with Crippen molar-refractivity contribution in [2.45, 2.75) is 25.3 Å². The van der Waals surface area contributed by atoms with Crippen LogP contribution in [0.5, 0.6) is 0 Å². The van der Waals surface area contributed by atoms with Crippen LogP contribution in [0, 0.1) is 17.6 Å². The zero-order valence-corrected chi connectivity index (χ0v) is 19.8. The van der Waals surface area contributed by atoms with E-state index in [4.69, 9.17) is 4.99 Å². The number of hydrogen-bond donors (Lipinski definition) is 0. The number of halogens is 2. The summed E-state index contributed by atoms with van der Waals surface area (Å²) in [7, 11) is 0. The van der Waals surface area contributed by atoms with Crippen LogP contribution in [-0.4, -0.2) is 47.7 Å². The molecular weight excluding hydrogens is 444 g/mol. The highest BCUT2D eigenvalue weighted by Crippen LogP contribution is 2.41. The van der Waals surface area contributed by atoms with E-state index in [0.29, 0.717) is 29.4 Å². The minimum absolute atomic E-state index is 0.170. The molecule has 1 saturated heterocycles. The van der Waals surface area contributed by atoms with E-state index in [1.165, 1.54) is 29.8 Å². The number of carbonyl (C=O) groups is 1. The van der Waals surface area contributed by atoms with Crippen molar-refractivity contribution in [2.75, 3.05) is 26.2 Å². The Bertz CT molecular complexity index is 1160. The molecule has 3 aromatic carbocycles. The van der Waals surface area contributed by atoms with Crippen molar-refractivity contribution < 1.29 is 13.6 Å². The first-order chi connectivity index (χ1) is 17.0. The zero-order chi connectivity index (χ0) is 24.4. The fourth-order valence-corrected chi connectivity index (χ4v) is 5.29. The van der Waals surface area contributed by atoms with Crippen molar-refractivity contribution in [1.29, 1.82) is 0 Å². The predicted molar refractivity (Wildman–Crippen MR) is 133 cm³/mol. The van der Waals surface area contributed by atoms with Gasteiger partial charge in [0.25, 0.3) is 5.91 Å². The summed E-state index contributed by atoms with van der Waals surface area (Å²) in [5.41, 5.74) is 1.15. The molecule has 0 saturated carbocycles. The van der Waals surface area contributed by atoms with Crippen molar-refractivity contribution >= 4 is 11.7 Å². The van der Waals surface area contributed by atoms with Gasteiger partial charge < -0.3 is 4.90 Å². The van der Waals surface area contributed by atoms with Gasteiger partial charge in [-0.05, 0) is 73.2 Å². The Labute approximate surface area is 204 Å². The minimum atomic E-state index is -1.34. The highest BCUT2D eigenvalue weighted by atomic mass is 19.1. The minimum Gasteiger partial charge on any atom is -0.303 e. The summed E-state index contributed by atoms with van der Waals surface area (Å²) in [6, 6.07) is 22.2. The molecule has 4 nitrogen and oxygen atoms in total. The Morgan fingerprint density at radius 2 is 1.51 bits per heavy atom. The van der Waals surface area contributed by atoms with Crippen molar-refractivity contribution in [3.05, 3.63) is 107 Å². The monoisotopic (exact) mass is 473 g/mol. The van der Waals surface area contributed by atoms with Gasteiger partial charge in [0.1, 0.15) is 17.5 Å². The second-order valence-corrected chi connectivity index (χ2v) is 9.49. The van der Waals surface area contributed by atoms with Gasteiger partial charge in [-0.2, -0.15) is 0 Å². The number of nitrogens with zero attached hydrogens (tertiary/aromatic N) is 3. The normalized spacial score (nSPS) is 19.9. The van der Waals surface area contributed by atoms with Crippen LogP contribution in [0.2, 0.25) is 0 Å². The molecule has 35 heavy (non-hydrogen) atoms. The van der Waals surface area contributed by atoms with Crippen LogP contribution in [0.4, 0.5) is 8.78 Å². The Hall–Kier alpha value is -3.38. The second kappa shape index (κ2) is 9.70. The quantitative estimate of drug-likeness (QED) is 0.482. The summed E-state index contributed by atoms with van der Waals surface area (Å²) in [5, 5.41) is 0. The Morgan fingerprint density at radius 1 is 0.914 bits per heavy atom. The summed E-state index contributed by atoms with van der Waals surface area (Å²) >= 11 is 0. The van der Waals surface area contributed by atoms with E-state index in [0.717, 1.165) is 32.5 Å². The molecule has 0 aliphatic carbocycles. The number of carbonyl (C=O) groups excluding carboxylic acids is 1. The maximum absolute atomic E-state index is 14.0. The third-order valence-corrected chi connectivity index (χ3v) is 7.17. The SMILES string of the molecule is CC1=NC(c2ccc(F)cc2)(c2ccc(F)cc2)C(=O)N1CC1CCN(CCc2ccccc2)C1. The number of amidine groups is 1. The number of benzene rings is 3. The number of hydrogen-bond acceptors (Lipinski definition) is 3. The van der Waals surface area contributed by atoms with Gasteiger partial charge in [-0.15, -0.1) is 0 Å². The van der Waals surface area contributed by atoms with Crippen LogP contribution >= 0.6 is 0 Å². The molecule has 0 spiro atoms. The van der Waals surface area contributed by atoms with Crippen LogP contribution < -0.4 is 0 Å². The number of aliphatic imine (C=N–C) groups is 1. The summed E-state index contributed by atoms with van der Waals surface area (Å²) in [4.78, 5) is 23.1. The van der Waals surface area contributed by atoms with Crippen LogP contribution in [-0.2, 0) is 16.8 Å². The molecule has 0 bridgehead atoms. The molecule has 2 aliphatic heterocycles. The van der Waals surface area contributed by atoms with Gasteiger partial charge in [0.2, 0.25) is 0 Å². The Morgan fingerprint density at radius 3 is 2.11 bits per heavy atom. The van der Waals surface area contributed by atoms with Gasteiger partial charge >= 0.3 is 0 Å². The molecule has 6 heteroatoms. The lowest BCUT2D eigenvalue weighted by Gasteiger charge is -2.28. The molecule has 2 aliphatic rings. The fraction of sp³-hybridized carbons (Fsp3) is 0.310. The van der Waals surface area contributed by atoms with Crippen LogP contribution in [0.3, 0.4) is 0 Å². The van der Waals surface area contributed by atoms with E-state index >= 15 is 0 Å². The third kappa shape index (κ3) is 4.63. The van der Waals surface area contributed by atoms with Crippen molar-refractivity contribution in [3.63, 3.8) is 0 Å². The number of amides is 1. The number of likely N-dealkylation sites (tertiary alicyclic amines) is 1. The second-order valence-electron chi connectivity index (χ2n) is 9.49. The lowest BCUT2D eigenvalue weighted by molar-refractivity contribution is -0.130. The average Bonchev–Trinajstić information content (AvgIpc) is 3.42. The zero-order valence-electron chi connectivity index (χ0n) is 19.8. The van der Waals surface area contributed by atoms with Crippen LogP contribution in [0.1, 0.15) is 30.0 Å². The van der Waals surface area contributed by atoms with E-state index in [9.17, 15) is 13.6 Å². The molecule has 1 atom stereocenters. The van der Waals surface area contributed by atoms with Crippen LogP contribution in [0.15, 0.2) is 83.9 Å². The van der Waals surface area contributed by atoms with Crippen LogP contribution in [0.25, 0.3) is 0 Å². The van der Waals surface area contributed by atoms with Gasteiger partial charge in [-0.3, -0.25) is 9.69 Å². The van der Waals surface area contributed by atoms with E-state index < -0.39 is 5.54 Å². The van der Waals surface area contributed by atoms with E-state index in [1.807, 2.05) is 13.0 Å². The van der Waals surface area contributed by atoms with Crippen molar-refractivity contribution in [3.8, 4) is 0 Å². The molecule has 2 heterocycles. The standard InChI is InChI=1S/C29H29F2N3O/c1-21-32-29(24-7-11-26(30)12-8-24,25-9-13-27(31)14-10-25)28(35)34(21)20-23-16-18-33(19-23)17-15-22-5-3-2-4-6-22/h2-14,23H,15-20H2,1H3. The molecule has 0 radical (unpaired) electrons. The first-order valence-electron chi connectivity index (χ1n) is 12.1. The smallest absolute Gasteiger partial charge is 0.265 e. The van der Waals surface area contributed by atoms with Gasteiger partial charge in [0.05, 0.1) is 0 Å². The summed E-state index contributed by atoms with van der Waals surface area (Å²) in [6.45, 7) is 5.37. The summed E-state index contributed by atoms with van der Waals surface area (Å²) in [6.07, 6.45) is 2.03. The third-order valence-electron chi connectivity index (χ3n) is 7.17. The lowest BCUT2D eigenvalue weighted by atomic mass is 9.82. The first kappa shape index (κ1) is 23.4. The predicted octanol–water partition coefficient (Wildman–Crippen LogP) is 5.03. The van der Waals surface area contributed by atoms with E-state index in [2.05, 4.69) is 29.2 Å². The van der Waals surface area contributed by atoms with Crippen molar-refractivity contribution in [2.24, 2.45) is 10.9 Å². The molecule has 0 aromatic heterocycles. The van der Waals surface area contributed by atoms with Gasteiger partial charge in [0, 0.05) is 19.6 Å². The summed E-state index contributed by atoms with van der Waals surface area (Å²) in [5.74, 6) is 0.0413. The highest BCUT2D eigenvalue weighted by molar-refractivity contribution is 6.09. The molecule has 1 unspecified atom stereocenters. The molecule has 1 fully saturated rings. The maximum Gasteiger partial charge on any atom is 0.265 e. The lowest BCUT2D eigenvalue weighted by Crippen LogP contribution is -2.43. The Balaban J connectivity index is 1.34. The van der Waals surface area contributed by atoms with Gasteiger partial charge in [-0.25, -0.2) is 13.8 Å². The molecule has 1 amide bonds. The number of rotatable bonds is 7. The fourth-order valence-electron chi connectivity index (χ4n) is 5.29. The van der Waals surface area contributed by atoms with Gasteiger partial charge in [-0.1, -0.05) is 54.6 Å². The van der Waals surface area contributed by atoms with E-state index in [-0.39, 0.29) is 17.5 Å². The average molecular weight is 474 g/mol. The topological polar surface area (TPSA) is 35.9 Å². The largest absolute Gasteiger partial charge is 0.303 e. The molecule has 3 aromatic rings. The summed E-state index contributed by atoms with van der Waals surface area (Å²) < 4.78 is 27.4.